The van der Waals surface area contributed by atoms with Crippen molar-refractivity contribution in [2.24, 2.45) is 0 Å². The Morgan fingerprint density at radius 1 is 0.967 bits per heavy atom. The van der Waals surface area contributed by atoms with Gasteiger partial charge in [-0.15, -0.1) is 10.2 Å². The summed E-state index contributed by atoms with van der Waals surface area (Å²) in [7, 11) is 0. The summed E-state index contributed by atoms with van der Waals surface area (Å²) in [6.07, 6.45) is 0. The molecule has 4 rings (SSSR count). The number of ether oxygens (including phenoxy) is 1. The standard InChI is InChI=1S/C23H18ClN3O3/c1-15-7-10-18(13-20(15)24)25-21(28)14-29-19-11-8-17(9-12-19)23-27-26-22(30-23)16-5-3-2-4-6-16/h2-13H,14H2,1H3,(H,25,28). The number of carbonyl (C=O) groups is 1. The van der Waals surface area contributed by atoms with Crippen LogP contribution < -0.4 is 10.1 Å². The van der Waals surface area contributed by atoms with Crippen LogP contribution in [-0.4, -0.2) is 22.7 Å². The summed E-state index contributed by atoms with van der Waals surface area (Å²) >= 11 is 6.07. The lowest BCUT2D eigenvalue weighted by molar-refractivity contribution is -0.118. The lowest BCUT2D eigenvalue weighted by Crippen LogP contribution is -2.20. The van der Waals surface area contributed by atoms with E-state index in [0.717, 1.165) is 16.7 Å². The first-order chi connectivity index (χ1) is 14.6. The topological polar surface area (TPSA) is 77.2 Å². The maximum atomic E-state index is 12.1. The molecule has 0 fully saturated rings. The fourth-order valence-corrected chi connectivity index (χ4v) is 2.93. The number of benzene rings is 3. The monoisotopic (exact) mass is 419 g/mol. The summed E-state index contributed by atoms with van der Waals surface area (Å²) in [4.78, 5) is 12.1. The number of nitrogens with zero attached hydrogens (tertiary/aromatic N) is 2. The van der Waals surface area contributed by atoms with Crippen LogP contribution >= 0.6 is 11.6 Å². The number of amides is 1. The molecule has 6 nitrogen and oxygen atoms in total. The molecule has 3 aromatic carbocycles. The van der Waals surface area contributed by atoms with E-state index in [9.17, 15) is 4.79 Å². The summed E-state index contributed by atoms with van der Waals surface area (Å²) in [5, 5.41) is 11.5. The van der Waals surface area contributed by atoms with Crippen molar-refractivity contribution in [2.45, 2.75) is 6.92 Å². The molecule has 0 spiro atoms. The van der Waals surface area contributed by atoms with Crippen LogP contribution in [0.2, 0.25) is 5.02 Å². The molecule has 7 heteroatoms. The molecule has 0 atom stereocenters. The highest BCUT2D eigenvalue weighted by Gasteiger charge is 2.11. The molecule has 0 saturated heterocycles. The van der Waals surface area contributed by atoms with Crippen molar-refractivity contribution in [1.29, 1.82) is 0 Å². The lowest BCUT2D eigenvalue weighted by Gasteiger charge is -2.09. The number of carbonyl (C=O) groups excluding carboxylic acids is 1. The highest BCUT2D eigenvalue weighted by Crippen LogP contribution is 2.25. The Hall–Kier alpha value is -3.64. The zero-order valence-electron chi connectivity index (χ0n) is 16.1. The fourth-order valence-electron chi connectivity index (χ4n) is 2.75. The number of anilines is 1. The first-order valence-electron chi connectivity index (χ1n) is 9.27. The molecule has 1 N–H and O–H groups in total. The van der Waals surface area contributed by atoms with Gasteiger partial charge in [-0.2, -0.15) is 0 Å². The van der Waals surface area contributed by atoms with Crippen LogP contribution in [0.3, 0.4) is 0 Å². The van der Waals surface area contributed by atoms with Crippen LogP contribution in [0, 0.1) is 6.92 Å². The molecule has 1 heterocycles. The van der Waals surface area contributed by atoms with Crippen LogP contribution in [0.4, 0.5) is 5.69 Å². The van der Waals surface area contributed by atoms with E-state index < -0.39 is 0 Å². The van der Waals surface area contributed by atoms with Gasteiger partial charge in [-0.25, -0.2) is 0 Å². The van der Waals surface area contributed by atoms with Gasteiger partial charge in [0.05, 0.1) is 0 Å². The lowest BCUT2D eigenvalue weighted by atomic mass is 10.2. The van der Waals surface area contributed by atoms with E-state index in [4.69, 9.17) is 20.8 Å². The number of rotatable bonds is 6. The minimum absolute atomic E-state index is 0.121. The first-order valence-corrected chi connectivity index (χ1v) is 9.64. The molecule has 0 aliphatic rings. The van der Waals surface area contributed by atoms with E-state index in [-0.39, 0.29) is 12.5 Å². The molecule has 0 bridgehead atoms. The van der Waals surface area contributed by atoms with Gasteiger partial charge in [-0.05, 0) is 61.0 Å². The van der Waals surface area contributed by atoms with Crippen molar-refractivity contribution in [3.05, 3.63) is 83.4 Å². The Bertz CT molecular complexity index is 1160. The molecule has 4 aromatic rings. The zero-order chi connectivity index (χ0) is 20.9. The SMILES string of the molecule is Cc1ccc(NC(=O)COc2ccc(-c3nnc(-c4ccccc4)o3)cc2)cc1Cl. The molecule has 150 valence electrons. The second-order valence-corrected chi connectivity index (χ2v) is 7.01. The summed E-state index contributed by atoms with van der Waals surface area (Å²) in [6.45, 7) is 1.78. The summed E-state index contributed by atoms with van der Waals surface area (Å²) in [5.74, 6) is 1.15. The van der Waals surface area contributed by atoms with E-state index in [1.807, 2.05) is 43.3 Å². The van der Waals surface area contributed by atoms with Crippen molar-refractivity contribution in [3.63, 3.8) is 0 Å². The molecule has 1 amide bonds. The number of nitrogens with one attached hydrogen (secondary N) is 1. The largest absolute Gasteiger partial charge is 0.484 e. The Kier molecular flexibility index (Phi) is 5.77. The molecule has 30 heavy (non-hydrogen) atoms. The average molecular weight is 420 g/mol. The van der Waals surface area contributed by atoms with Crippen molar-refractivity contribution >= 4 is 23.2 Å². The molecular formula is C23H18ClN3O3. The van der Waals surface area contributed by atoms with Gasteiger partial charge in [-0.1, -0.05) is 35.9 Å². The molecule has 0 unspecified atom stereocenters. The minimum atomic E-state index is -0.275. The van der Waals surface area contributed by atoms with E-state index in [1.165, 1.54) is 0 Å². The number of aryl methyl sites for hydroxylation is 1. The van der Waals surface area contributed by atoms with Crippen molar-refractivity contribution in [2.75, 3.05) is 11.9 Å². The number of hydrogen-bond acceptors (Lipinski definition) is 5. The highest BCUT2D eigenvalue weighted by atomic mass is 35.5. The van der Waals surface area contributed by atoms with Gasteiger partial charge in [0.1, 0.15) is 5.75 Å². The Morgan fingerprint density at radius 3 is 2.30 bits per heavy atom. The van der Waals surface area contributed by atoms with E-state index in [0.29, 0.717) is 28.2 Å². The van der Waals surface area contributed by atoms with Gasteiger partial charge in [0, 0.05) is 21.8 Å². The van der Waals surface area contributed by atoms with Gasteiger partial charge in [0.25, 0.3) is 5.91 Å². The number of halogens is 1. The molecule has 0 radical (unpaired) electrons. The Morgan fingerprint density at radius 2 is 1.63 bits per heavy atom. The third kappa shape index (κ3) is 4.67. The maximum absolute atomic E-state index is 12.1. The van der Waals surface area contributed by atoms with Crippen molar-refractivity contribution in [1.82, 2.24) is 10.2 Å². The summed E-state index contributed by atoms with van der Waals surface area (Å²) in [5.41, 5.74) is 3.19. The van der Waals surface area contributed by atoms with Crippen LogP contribution in [0.1, 0.15) is 5.56 Å². The van der Waals surface area contributed by atoms with Gasteiger partial charge in [-0.3, -0.25) is 4.79 Å². The predicted octanol–water partition coefficient (Wildman–Crippen LogP) is 5.38. The van der Waals surface area contributed by atoms with E-state index >= 15 is 0 Å². The molecule has 0 aliphatic heterocycles. The van der Waals surface area contributed by atoms with Crippen LogP contribution in [0.5, 0.6) is 5.75 Å². The molecular weight excluding hydrogens is 402 g/mol. The van der Waals surface area contributed by atoms with Gasteiger partial charge in [0.15, 0.2) is 6.61 Å². The number of aromatic nitrogens is 2. The van der Waals surface area contributed by atoms with Crippen LogP contribution in [0.15, 0.2) is 77.2 Å². The molecule has 0 saturated carbocycles. The molecule has 1 aromatic heterocycles. The smallest absolute Gasteiger partial charge is 0.262 e. The number of hydrogen-bond donors (Lipinski definition) is 1. The normalized spacial score (nSPS) is 10.6. The van der Waals surface area contributed by atoms with Crippen molar-refractivity contribution < 1.29 is 13.9 Å². The van der Waals surface area contributed by atoms with Crippen LogP contribution in [0.25, 0.3) is 22.9 Å². The van der Waals surface area contributed by atoms with E-state index in [2.05, 4.69) is 15.5 Å². The van der Waals surface area contributed by atoms with Crippen molar-refractivity contribution in [3.8, 4) is 28.7 Å². The van der Waals surface area contributed by atoms with Gasteiger partial charge in [0.2, 0.25) is 11.8 Å². The quantitative estimate of drug-likeness (QED) is 0.453. The summed E-state index contributed by atoms with van der Waals surface area (Å²) in [6, 6.07) is 22.0. The van der Waals surface area contributed by atoms with Gasteiger partial charge < -0.3 is 14.5 Å². The second-order valence-electron chi connectivity index (χ2n) is 6.60. The van der Waals surface area contributed by atoms with Gasteiger partial charge >= 0.3 is 0 Å². The third-order valence-electron chi connectivity index (χ3n) is 4.37. The average Bonchev–Trinajstić information content (AvgIpc) is 3.26. The van der Waals surface area contributed by atoms with E-state index in [1.54, 1.807) is 36.4 Å². The third-order valence-corrected chi connectivity index (χ3v) is 4.78. The fraction of sp³-hybridized carbons (Fsp3) is 0.0870. The minimum Gasteiger partial charge on any atom is -0.484 e. The Balaban J connectivity index is 1.35. The second kappa shape index (κ2) is 8.80. The molecule has 0 aliphatic carbocycles. The first kappa shape index (κ1) is 19.7. The zero-order valence-corrected chi connectivity index (χ0v) is 16.9. The highest BCUT2D eigenvalue weighted by molar-refractivity contribution is 6.31. The Labute approximate surface area is 178 Å². The van der Waals surface area contributed by atoms with Crippen LogP contribution in [-0.2, 0) is 4.79 Å². The predicted molar refractivity (Wildman–Crippen MR) is 115 cm³/mol. The maximum Gasteiger partial charge on any atom is 0.262 e. The summed E-state index contributed by atoms with van der Waals surface area (Å²) < 4.78 is 11.3.